The number of fused-ring (bicyclic) bond motifs is 1. The van der Waals surface area contributed by atoms with E-state index >= 15 is 0 Å². The molecule has 0 bridgehead atoms. The van der Waals surface area contributed by atoms with Gasteiger partial charge >= 0.3 is 0 Å². The van der Waals surface area contributed by atoms with Crippen LogP contribution in [0.1, 0.15) is 12.8 Å². The van der Waals surface area contributed by atoms with Gasteiger partial charge in [0, 0.05) is 48.8 Å². The maximum absolute atomic E-state index is 12.8. The number of unbranched alkanes of at least 4 members (excludes halogenated alkanes) is 1. The Bertz CT molecular complexity index is 1130. The van der Waals surface area contributed by atoms with E-state index in [1.54, 1.807) is 12.1 Å². The van der Waals surface area contributed by atoms with Gasteiger partial charge in [0.1, 0.15) is 0 Å². The average Bonchev–Trinajstić information content (AvgIpc) is 2.79. The average molecular weight is 494 g/mol. The van der Waals surface area contributed by atoms with Gasteiger partial charge in [-0.2, -0.15) is 0 Å². The molecule has 0 amide bonds. The summed E-state index contributed by atoms with van der Waals surface area (Å²) < 4.78 is 28.3. The molecule has 3 aromatic rings. The summed E-state index contributed by atoms with van der Waals surface area (Å²) in [6.07, 6.45) is 1.79. The summed E-state index contributed by atoms with van der Waals surface area (Å²) in [6, 6.07) is 21.0. The Morgan fingerprint density at radius 3 is 2.38 bits per heavy atom. The summed E-state index contributed by atoms with van der Waals surface area (Å²) >= 11 is 6.10. The largest absolute Gasteiger partial charge is 0.369 e. The quantitative estimate of drug-likeness (QED) is 0.458. The Hall–Kier alpha value is -1.83. The predicted molar refractivity (Wildman–Crippen MR) is 136 cm³/mol. The van der Waals surface area contributed by atoms with E-state index in [4.69, 9.17) is 11.6 Å². The van der Waals surface area contributed by atoms with E-state index in [-0.39, 0.29) is 12.4 Å². The van der Waals surface area contributed by atoms with Crippen molar-refractivity contribution in [2.45, 2.75) is 17.7 Å². The highest BCUT2D eigenvalue weighted by atomic mass is 35.5. The molecule has 5 nitrogen and oxygen atoms in total. The van der Waals surface area contributed by atoms with Gasteiger partial charge in [-0.15, -0.1) is 12.4 Å². The van der Waals surface area contributed by atoms with Crippen LogP contribution in [0.4, 0.5) is 5.69 Å². The molecule has 32 heavy (non-hydrogen) atoms. The predicted octanol–water partition coefficient (Wildman–Crippen LogP) is 4.80. The molecule has 8 heteroatoms. The Kier molecular flexibility index (Phi) is 8.79. The fraction of sp³-hybridized carbons (Fsp3) is 0.333. The first kappa shape index (κ1) is 24.8. The fourth-order valence-corrected chi connectivity index (χ4v) is 5.56. The molecule has 1 saturated heterocycles. The van der Waals surface area contributed by atoms with Crippen LogP contribution in [0.15, 0.2) is 71.6 Å². The molecule has 1 aliphatic rings. The van der Waals surface area contributed by atoms with Gasteiger partial charge in [0.15, 0.2) is 0 Å². The topological polar surface area (TPSA) is 52.7 Å². The number of nitrogens with one attached hydrogen (secondary N) is 1. The minimum absolute atomic E-state index is 0. The van der Waals surface area contributed by atoms with Crippen LogP contribution in [-0.4, -0.2) is 52.6 Å². The second-order valence-electron chi connectivity index (χ2n) is 7.89. The van der Waals surface area contributed by atoms with E-state index in [2.05, 4.69) is 20.6 Å². The molecule has 0 spiro atoms. The van der Waals surface area contributed by atoms with Crippen molar-refractivity contribution in [2.75, 3.05) is 44.2 Å². The lowest BCUT2D eigenvalue weighted by molar-refractivity contribution is 0.253. The molecular formula is C24H29Cl2N3O2S. The molecule has 1 fully saturated rings. The van der Waals surface area contributed by atoms with Crippen LogP contribution in [0.25, 0.3) is 10.8 Å². The summed E-state index contributed by atoms with van der Waals surface area (Å²) in [4.78, 5) is 5.16. The zero-order valence-corrected chi connectivity index (χ0v) is 20.3. The van der Waals surface area contributed by atoms with E-state index in [0.29, 0.717) is 11.4 Å². The zero-order valence-electron chi connectivity index (χ0n) is 17.9. The SMILES string of the molecule is Cl.O=S(=O)(NCCCCN1CCN(c2cccc(Cl)c2)CC1)c1cccc2ccccc12. The molecule has 0 unspecified atom stereocenters. The Morgan fingerprint density at radius 1 is 0.875 bits per heavy atom. The summed E-state index contributed by atoms with van der Waals surface area (Å²) in [5, 5.41) is 2.46. The van der Waals surface area contributed by atoms with Crippen LogP contribution >= 0.6 is 24.0 Å². The number of hydrogen-bond donors (Lipinski definition) is 1. The van der Waals surface area contributed by atoms with Gasteiger partial charge in [-0.3, -0.25) is 4.90 Å². The fourth-order valence-electron chi connectivity index (χ4n) is 4.08. The number of rotatable bonds is 8. The molecule has 3 aromatic carbocycles. The molecule has 4 rings (SSSR count). The van der Waals surface area contributed by atoms with Crippen LogP contribution in [0, 0.1) is 0 Å². The normalized spacial score (nSPS) is 15.0. The van der Waals surface area contributed by atoms with Gasteiger partial charge in [-0.1, -0.05) is 54.1 Å². The summed E-state index contributed by atoms with van der Waals surface area (Å²) in [6.45, 7) is 5.41. The number of sulfonamides is 1. The van der Waals surface area contributed by atoms with Gasteiger partial charge in [0.05, 0.1) is 4.90 Å². The first-order valence-corrected chi connectivity index (χ1v) is 12.6. The maximum Gasteiger partial charge on any atom is 0.241 e. The highest BCUT2D eigenvalue weighted by molar-refractivity contribution is 7.89. The number of hydrogen-bond acceptors (Lipinski definition) is 4. The minimum atomic E-state index is -3.51. The van der Waals surface area contributed by atoms with Crippen molar-refractivity contribution in [1.82, 2.24) is 9.62 Å². The molecule has 172 valence electrons. The molecule has 0 aliphatic carbocycles. The van der Waals surface area contributed by atoms with Crippen molar-refractivity contribution < 1.29 is 8.42 Å². The summed E-state index contributed by atoms with van der Waals surface area (Å²) in [5.41, 5.74) is 1.18. The Balaban J connectivity index is 0.00000289. The van der Waals surface area contributed by atoms with E-state index in [1.165, 1.54) is 5.69 Å². The number of nitrogens with zero attached hydrogens (tertiary/aromatic N) is 2. The van der Waals surface area contributed by atoms with Crippen molar-refractivity contribution in [1.29, 1.82) is 0 Å². The monoisotopic (exact) mass is 493 g/mol. The minimum Gasteiger partial charge on any atom is -0.369 e. The maximum atomic E-state index is 12.8. The van der Waals surface area contributed by atoms with Crippen LogP contribution in [0.2, 0.25) is 5.02 Å². The third-order valence-corrected chi connectivity index (χ3v) is 7.53. The summed E-state index contributed by atoms with van der Waals surface area (Å²) in [5.74, 6) is 0. The standard InChI is InChI=1S/C24H28ClN3O2S.ClH/c25-21-9-6-10-22(19-21)28-17-15-27(16-18-28)14-4-3-13-26-31(29,30)24-12-5-8-20-7-1-2-11-23(20)24;/h1-2,5-12,19,26H,3-4,13-18H2;1H. The molecular weight excluding hydrogens is 465 g/mol. The Morgan fingerprint density at radius 2 is 1.59 bits per heavy atom. The van der Waals surface area contributed by atoms with E-state index in [0.717, 1.165) is 61.4 Å². The third-order valence-electron chi connectivity index (χ3n) is 5.78. The van der Waals surface area contributed by atoms with Crippen LogP contribution in [0.3, 0.4) is 0 Å². The number of piperazine rings is 1. The van der Waals surface area contributed by atoms with Gasteiger partial charge in [0.2, 0.25) is 10.0 Å². The lowest BCUT2D eigenvalue weighted by atomic mass is 10.1. The first-order valence-electron chi connectivity index (χ1n) is 10.7. The third kappa shape index (κ3) is 6.15. The zero-order chi connectivity index (χ0) is 21.7. The number of benzene rings is 3. The van der Waals surface area contributed by atoms with Crippen molar-refractivity contribution in [2.24, 2.45) is 0 Å². The second-order valence-corrected chi connectivity index (χ2v) is 10.1. The van der Waals surface area contributed by atoms with Crippen molar-refractivity contribution in [3.8, 4) is 0 Å². The van der Waals surface area contributed by atoms with Gasteiger partial charge in [-0.25, -0.2) is 13.1 Å². The molecule has 1 aliphatic heterocycles. The molecule has 0 radical (unpaired) electrons. The lowest BCUT2D eigenvalue weighted by Crippen LogP contribution is -2.46. The van der Waals surface area contributed by atoms with Gasteiger partial charge < -0.3 is 4.90 Å². The molecule has 1 N–H and O–H groups in total. The molecule has 0 aromatic heterocycles. The van der Waals surface area contributed by atoms with Crippen LogP contribution in [0.5, 0.6) is 0 Å². The molecule has 0 saturated carbocycles. The van der Waals surface area contributed by atoms with Gasteiger partial charge in [0.25, 0.3) is 0 Å². The van der Waals surface area contributed by atoms with Crippen molar-refractivity contribution >= 4 is 50.5 Å². The smallest absolute Gasteiger partial charge is 0.241 e. The summed E-state index contributed by atoms with van der Waals surface area (Å²) in [7, 11) is -3.51. The number of anilines is 1. The highest BCUT2D eigenvalue weighted by Crippen LogP contribution is 2.23. The second kappa shape index (κ2) is 11.3. The van der Waals surface area contributed by atoms with E-state index in [1.807, 2.05) is 48.5 Å². The first-order chi connectivity index (χ1) is 15.0. The lowest BCUT2D eigenvalue weighted by Gasteiger charge is -2.36. The molecule has 0 atom stereocenters. The van der Waals surface area contributed by atoms with Gasteiger partial charge in [-0.05, 0) is 49.0 Å². The van der Waals surface area contributed by atoms with E-state index < -0.39 is 10.0 Å². The Labute approximate surface area is 201 Å². The van der Waals surface area contributed by atoms with Crippen LogP contribution < -0.4 is 9.62 Å². The highest BCUT2D eigenvalue weighted by Gasteiger charge is 2.18. The van der Waals surface area contributed by atoms with Crippen molar-refractivity contribution in [3.05, 3.63) is 71.8 Å². The molecule has 1 heterocycles. The number of halogens is 2. The van der Waals surface area contributed by atoms with E-state index in [9.17, 15) is 8.42 Å². The van der Waals surface area contributed by atoms with Crippen molar-refractivity contribution in [3.63, 3.8) is 0 Å². The van der Waals surface area contributed by atoms with Crippen LogP contribution in [-0.2, 0) is 10.0 Å².